The molecule has 9 heteroatoms. The number of halogens is 1. The first kappa shape index (κ1) is 17.8. The molecular formula is C16H24FN7S. The minimum Gasteiger partial charge on any atom is -0.375 e. The van der Waals surface area contributed by atoms with E-state index in [1.165, 1.54) is 11.3 Å². The van der Waals surface area contributed by atoms with E-state index in [0.717, 1.165) is 23.8 Å². The lowest BCUT2D eigenvalue weighted by atomic mass is 10.2. The number of hydrogen-bond donors (Lipinski definition) is 1. The highest BCUT2D eigenvalue weighted by atomic mass is 32.1. The number of anilines is 3. The van der Waals surface area contributed by atoms with Crippen molar-refractivity contribution in [2.45, 2.75) is 25.2 Å². The zero-order chi connectivity index (χ0) is 18.0. The van der Waals surface area contributed by atoms with Crippen molar-refractivity contribution in [3.05, 3.63) is 23.3 Å². The molecule has 0 spiro atoms. The van der Waals surface area contributed by atoms with E-state index >= 15 is 0 Å². The van der Waals surface area contributed by atoms with Gasteiger partial charge in [-0.3, -0.25) is 4.90 Å². The van der Waals surface area contributed by atoms with Gasteiger partial charge in [0.05, 0.1) is 6.54 Å². The Hall–Kier alpha value is -2.00. The number of thiazole rings is 1. The molecule has 0 aromatic carbocycles. The second-order valence-electron chi connectivity index (χ2n) is 6.61. The smallest absolute Gasteiger partial charge is 0.226 e. The average Bonchev–Trinajstić information content (AvgIpc) is 3.13. The van der Waals surface area contributed by atoms with Gasteiger partial charge in [0.15, 0.2) is 5.13 Å². The molecule has 0 amide bonds. The van der Waals surface area contributed by atoms with Crippen LogP contribution in [0.15, 0.2) is 18.5 Å². The van der Waals surface area contributed by atoms with Crippen LogP contribution in [0, 0.1) is 0 Å². The fraction of sp³-hybridized carbons (Fsp3) is 0.562. The van der Waals surface area contributed by atoms with Crippen molar-refractivity contribution in [3.63, 3.8) is 0 Å². The number of hydrogen-bond acceptors (Lipinski definition) is 8. The molecule has 1 aliphatic rings. The highest BCUT2D eigenvalue weighted by molar-refractivity contribution is 7.15. The Morgan fingerprint density at radius 2 is 2.16 bits per heavy atom. The van der Waals surface area contributed by atoms with Gasteiger partial charge in [0.25, 0.3) is 0 Å². The minimum atomic E-state index is -0.838. The Labute approximate surface area is 151 Å². The molecule has 7 nitrogen and oxygen atoms in total. The summed E-state index contributed by atoms with van der Waals surface area (Å²) in [7, 11) is 5.82. The molecule has 25 heavy (non-hydrogen) atoms. The summed E-state index contributed by atoms with van der Waals surface area (Å²) in [5.41, 5.74) is 5.69. The van der Waals surface area contributed by atoms with Crippen LogP contribution in [-0.4, -0.2) is 66.3 Å². The largest absolute Gasteiger partial charge is 0.375 e. The highest BCUT2D eigenvalue weighted by Gasteiger charge is 2.34. The summed E-state index contributed by atoms with van der Waals surface area (Å²) in [5.74, 6) is 1.41. The van der Waals surface area contributed by atoms with Crippen LogP contribution < -0.4 is 15.5 Å². The molecule has 136 valence electrons. The number of likely N-dealkylation sites (N-methyl/N-ethyl adjacent to an activating group) is 1. The third-order valence-electron chi connectivity index (χ3n) is 4.21. The van der Waals surface area contributed by atoms with Crippen LogP contribution in [0.2, 0.25) is 0 Å². The summed E-state index contributed by atoms with van der Waals surface area (Å²) in [6.07, 6.45) is 3.20. The van der Waals surface area contributed by atoms with E-state index in [-0.39, 0.29) is 6.04 Å². The lowest BCUT2D eigenvalue weighted by Crippen LogP contribution is -2.39. The standard InChI is InChI=1S/C16H24FN7S/c1-22(2)16-19-5-4-14(21-16)24-8-11(17)6-12(24)9-23(3)10-13-7-20-15(18)25-13/h4-5,7,11-12H,6,8-10H2,1-3H3,(H2,18,20)/t11-,12-/m0/s1. The maximum Gasteiger partial charge on any atom is 0.226 e. The van der Waals surface area contributed by atoms with Crippen LogP contribution in [0.3, 0.4) is 0 Å². The number of alkyl halides is 1. The molecule has 1 saturated heterocycles. The van der Waals surface area contributed by atoms with Gasteiger partial charge in [-0.05, 0) is 13.1 Å². The van der Waals surface area contributed by atoms with E-state index in [1.807, 2.05) is 32.1 Å². The molecule has 1 aliphatic heterocycles. The van der Waals surface area contributed by atoms with Crippen molar-refractivity contribution in [1.82, 2.24) is 19.9 Å². The molecule has 3 rings (SSSR count). The third-order valence-corrected chi connectivity index (χ3v) is 5.02. The van der Waals surface area contributed by atoms with Gasteiger partial charge >= 0.3 is 0 Å². The van der Waals surface area contributed by atoms with Crippen LogP contribution >= 0.6 is 11.3 Å². The first-order chi connectivity index (χ1) is 11.9. The Balaban J connectivity index is 1.70. The van der Waals surface area contributed by atoms with Gasteiger partial charge < -0.3 is 15.5 Å². The van der Waals surface area contributed by atoms with Gasteiger partial charge in [-0.1, -0.05) is 0 Å². The second-order valence-corrected chi connectivity index (χ2v) is 7.76. The van der Waals surface area contributed by atoms with Gasteiger partial charge in [0.1, 0.15) is 12.0 Å². The molecule has 0 bridgehead atoms. The maximum absolute atomic E-state index is 14.1. The molecule has 0 radical (unpaired) electrons. The summed E-state index contributed by atoms with van der Waals surface area (Å²) in [5, 5.41) is 0.576. The molecule has 0 unspecified atom stereocenters. The second kappa shape index (κ2) is 7.49. The lowest BCUT2D eigenvalue weighted by molar-refractivity contribution is 0.291. The van der Waals surface area contributed by atoms with Gasteiger partial charge in [-0.25, -0.2) is 14.4 Å². The first-order valence-electron chi connectivity index (χ1n) is 8.22. The topological polar surface area (TPSA) is 74.4 Å². The normalized spacial score (nSPS) is 20.4. The SMILES string of the molecule is CN(Cc1cnc(N)s1)C[C@@H]1C[C@H](F)CN1c1ccnc(N(C)C)n1. The highest BCUT2D eigenvalue weighted by Crippen LogP contribution is 2.27. The van der Waals surface area contributed by atoms with E-state index in [2.05, 4.69) is 24.8 Å². The molecule has 0 saturated carbocycles. The fourth-order valence-corrected chi connectivity index (χ4v) is 3.88. The lowest BCUT2D eigenvalue weighted by Gasteiger charge is -2.29. The Morgan fingerprint density at radius 3 is 2.84 bits per heavy atom. The quantitative estimate of drug-likeness (QED) is 0.834. The van der Waals surface area contributed by atoms with Gasteiger partial charge in [-0.2, -0.15) is 4.98 Å². The monoisotopic (exact) mass is 365 g/mol. The summed E-state index contributed by atoms with van der Waals surface area (Å²) in [4.78, 5) is 20.1. The maximum atomic E-state index is 14.1. The predicted molar refractivity (Wildman–Crippen MR) is 99.9 cm³/mol. The van der Waals surface area contributed by atoms with Crippen LogP contribution in [0.25, 0.3) is 0 Å². The number of nitrogen functional groups attached to an aromatic ring is 1. The number of rotatable bonds is 6. The minimum absolute atomic E-state index is 0.0789. The average molecular weight is 365 g/mol. The van der Waals surface area contributed by atoms with Crippen molar-refractivity contribution in [3.8, 4) is 0 Å². The Morgan fingerprint density at radius 1 is 1.36 bits per heavy atom. The molecule has 2 aromatic heterocycles. The fourth-order valence-electron chi connectivity index (χ4n) is 3.11. The van der Waals surface area contributed by atoms with Crippen LogP contribution in [-0.2, 0) is 6.54 Å². The van der Waals surface area contributed by atoms with Crippen molar-refractivity contribution >= 4 is 28.2 Å². The summed E-state index contributed by atoms with van der Waals surface area (Å²) in [6.45, 7) is 1.87. The Bertz CT molecular complexity index is 707. The van der Waals surface area contributed by atoms with E-state index in [1.54, 1.807) is 12.4 Å². The van der Waals surface area contributed by atoms with Crippen molar-refractivity contribution < 1.29 is 4.39 Å². The molecule has 3 heterocycles. The van der Waals surface area contributed by atoms with Crippen LogP contribution in [0.1, 0.15) is 11.3 Å². The first-order valence-corrected chi connectivity index (χ1v) is 9.04. The number of aromatic nitrogens is 3. The molecule has 1 fully saturated rings. The summed E-state index contributed by atoms with van der Waals surface area (Å²) >= 11 is 1.49. The van der Waals surface area contributed by atoms with E-state index < -0.39 is 6.17 Å². The summed E-state index contributed by atoms with van der Waals surface area (Å²) in [6, 6.07) is 1.93. The summed E-state index contributed by atoms with van der Waals surface area (Å²) < 4.78 is 14.1. The predicted octanol–water partition coefficient (Wildman–Crippen LogP) is 1.63. The van der Waals surface area contributed by atoms with Crippen molar-refractivity contribution in [2.24, 2.45) is 0 Å². The molecular weight excluding hydrogens is 341 g/mol. The zero-order valence-electron chi connectivity index (χ0n) is 14.8. The molecule has 0 aliphatic carbocycles. The van der Waals surface area contributed by atoms with Crippen LogP contribution in [0.5, 0.6) is 0 Å². The van der Waals surface area contributed by atoms with Crippen molar-refractivity contribution in [2.75, 3.05) is 49.8 Å². The van der Waals surface area contributed by atoms with Crippen LogP contribution in [0.4, 0.5) is 21.3 Å². The third kappa shape index (κ3) is 4.35. The van der Waals surface area contributed by atoms with E-state index in [0.29, 0.717) is 24.0 Å². The Kier molecular flexibility index (Phi) is 5.33. The van der Waals surface area contributed by atoms with Gasteiger partial charge in [0.2, 0.25) is 5.95 Å². The molecule has 2 atom stereocenters. The van der Waals surface area contributed by atoms with Gasteiger partial charge in [-0.15, -0.1) is 11.3 Å². The number of nitrogens with zero attached hydrogens (tertiary/aromatic N) is 6. The molecule has 2 N–H and O–H groups in total. The van der Waals surface area contributed by atoms with E-state index in [9.17, 15) is 4.39 Å². The van der Waals surface area contributed by atoms with Gasteiger partial charge in [0, 0.05) is 56.9 Å². The van der Waals surface area contributed by atoms with E-state index in [4.69, 9.17) is 5.73 Å². The zero-order valence-corrected chi connectivity index (χ0v) is 15.6. The number of nitrogens with two attached hydrogens (primary N) is 1. The van der Waals surface area contributed by atoms with Crippen molar-refractivity contribution in [1.29, 1.82) is 0 Å². The molecule has 2 aromatic rings.